The highest BCUT2D eigenvalue weighted by atomic mass is 79.9. The minimum atomic E-state index is -3.40. The van der Waals surface area contributed by atoms with Crippen molar-refractivity contribution in [1.29, 1.82) is 0 Å². The van der Waals surface area contributed by atoms with Gasteiger partial charge in [-0.2, -0.15) is 4.31 Å². The van der Waals surface area contributed by atoms with Crippen molar-refractivity contribution in [3.8, 4) is 0 Å². The summed E-state index contributed by atoms with van der Waals surface area (Å²) >= 11 is 3.35. The lowest BCUT2D eigenvalue weighted by molar-refractivity contribution is 0.472. The molecule has 94 valence electrons. The van der Waals surface area contributed by atoms with Gasteiger partial charge in [0.15, 0.2) is 0 Å². The van der Waals surface area contributed by atoms with E-state index in [0.717, 1.165) is 16.5 Å². The van der Waals surface area contributed by atoms with Crippen molar-refractivity contribution >= 4 is 26.0 Å². The van der Waals surface area contributed by atoms with Gasteiger partial charge in [-0.1, -0.05) is 22.0 Å². The highest BCUT2D eigenvalue weighted by molar-refractivity contribution is 9.10. The SMILES string of the molecule is Cc1c(Br)cccc1S(=O)(=O)N1CC[C@@H](N)C1. The molecular formula is C11H15BrN2O2S. The maximum atomic E-state index is 12.4. The summed E-state index contributed by atoms with van der Waals surface area (Å²) in [6.45, 7) is 2.72. The minimum Gasteiger partial charge on any atom is -0.326 e. The molecule has 4 nitrogen and oxygen atoms in total. The lowest BCUT2D eigenvalue weighted by Gasteiger charge is -2.17. The molecule has 1 heterocycles. The van der Waals surface area contributed by atoms with Gasteiger partial charge in [-0.05, 0) is 31.0 Å². The first-order chi connectivity index (χ1) is 7.93. The van der Waals surface area contributed by atoms with E-state index in [9.17, 15) is 8.42 Å². The largest absolute Gasteiger partial charge is 0.326 e. The molecule has 1 aromatic carbocycles. The third-order valence-electron chi connectivity index (χ3n) is 3.02. The molecule has 0 aromatic heterocycles. The Hall–Kier alpha value is -0.430. The molecule has 1 aromatic rings. The maximum Gasteiger partial charge on any atom is 0.243 e. The van der Waals surface area contributed by atoms with Crippen molar-refractivity contribution in [3.63, 3.8) is 0 Å². The Morgan fingerprint density at radius 3 is 2.76 bits per heavy atom. The first-order valence-corrected chi connectivity index (χ1v) is 7.67. The fourth-order valence-corrected chi connectivity index (χ4v) is 4.23. The summed E-state index contributed by atoms with van der Waals surface area (Å²) in [5.41, 5.74) is 6.50. The Morgan fingerprint density at radius 1 is 1.47 bits per heavy atom. The van der Waals surface area contributed by atoms with E-state index in [0.29, 0.717) is 18.0 Å². The standard InChI is InChI=1S/C11H15BrN2O2S/c1-8-10(12)3-2-4-11(8)17(15,16)14-6-5-9(13)7-14/h2-4,9H,5-7,13H2,1H3/t9-/m1/s1. The van der Waals surface area contributed by atoms with Crippen molar-refractivity contribution < 1.29 is 8.42 Å². The number of sulfonamides is 1. The van der Waals surface area contributed by atoms with Gasteiger partial charge in [0.2, 0.25) is 10.0 Å². The molecule has 1 atom stereocenters. The number of nitrogens with two attached hydrogens (primary N) is 1. The second kappa shape index (κ2) is 4.68. The van der Waals surface area contributed by atoms with Crippen LogP contribution in [0.1, 0.15) is 12.0 Å². The average molecular weight is 319 g/mol. The van der Waals surface area contributed by atoms with Gasteiger partial charge in [0, 0.05) is 23.6 Å². The molecule has 1 fully saturated rings. The summed E-state index contributed by atoms with van der Waals surface area (Å²) in [5.74, 6) is 0. The number of benzene rings is 1. The molecule has 2 N–H and O–H groups in total. The Morgan fingerprint density at radius 2 is 2.18 bits per heavy atom. The van der Waals surface area contributed by atoms with Gasteiger partial charge >= 0.3 is 0 Å². The van der Waals surface area contributed by atoms with E-state index in [1.54, 1.807) is 19.1 Å². The lowest BCUT2D eigenvalue weighted by atomic mass is 10.2. The van der Waals surface area contributed by atoms with Crippen molar-refractivity contribution in [2.45, 2.75) is 24.3 Å². The average Bonchev–Trinajstić information content (AvgIpc) is 2.69. The van der Waals surface area contributed by atoms with Crippen LogP contribution in [0.4, 0.5) is 0 Å². The molecule has 0 amide bonds. The molecular weight excluding hydrogens is 304 g/mol. The molecule has 6 heteroatoms. The molecule has 0 radical (unpaired) electrons. The third kappa shape index (κ3) is 2.40. The van der Waals surface area contributed by atoms with Gasteiger partial charge in [-0.25, -0.2) is 8.42 Å². The van der Waals surface area contributed by atoms with Crippen LogP contribution in [0.2, 0.25) is 0 Å². The Kier molecular flexibility index (Phi) is 3.58. The number of nitrogens with zero attached hydrogens (tertiary/aromatic N) is 1. The van der Waals surface area contributed by atoms with E-state index < -0.39 is 10.0 Å². The lowest BCUT2D eigenvalue weighted by Crippen LogP contribution is -2.32. The minimum absolute atomic E-state index is 0.0442. The summed E-state index contributed by atoms with van der Waals surface area (Å²) in [4.78, 5) is 0.362. The van der Waals surface area contributed by atoms with Crippen molar-refractivity contribution in [3.05, 3.63) is 28.2 Å². The summed E-state index contributed by atoms with van der Waals surface area (Å²) in [7, 11) is -3.40. The van der Waals surface area contributed by atoms with Crippen LogP contribution in [-0.2, 0) is 10.0 Å². The zero-order valence-electron chi connectivity index (χ0n) is 9.56. The third-order valence-corrected chi connectivity index (χ3v) is 5.89. The van der Waals surface area contributed by atoms with Crippen LogP contribution in [0.3, 0.4) is 0 Å². The first-order valence-electron chi connectivity index (χ1n) is 5.44. The van der Waals surface area contributed by atoms with E-state index in [1.807, 2.05) is 6.07 Å². The predicted octanol–water partition coefficient (Wildman–Crippen LogP) is 1.48. The molecule has 0 bridgehead atoms. The van der Waals surface area contributed by atoms with Gasteiger partial charge in [0.05, 0.1) is 4.90 Å². The van der Waals surface area contributed by atoms with Crippen LogP contribution < -0.4 is 5.73 Å². The van der Waals surface area contributed by atoms with E-state index in [4.69, 9.17) is 5.73 Å². The smallest absolute Gasteiger partial charge is 0.243 e. The van der Waals surface area contributed by atoms with Gasteiger partial charge in [0.25, 0.3) is 0 Å². The van der Waals surface area contributed by atoms with Crippen LogP contribution in [0.5, 0.6) is 0 Å². The normalized spacial score (nSPS) is 21.9. The summed E-state index contributed by atoms with van der Waals surface area (Å²) in [6, 6.07) is 5.17. The quantitative estimate of drug-likeness (QED) is 0.898. The number of hydrogen-bond acceptors (Lipinski definition) is 3. The van der Waals surface area contributed by atoms with Gasteiger partial charge in [-0.15, -0.1) is 0 Å². The fourth-order valence-electron chi connectivity index (χ4n) is 1.98. The Labute approximate surface area is 110 Å². The van der Waals surface area contributed by atoms with Gasteiger partial charge < -0.3 is 5.73 Å². The topological polar surface area (TPSA) is 63.4 Å². The van der Waals surface area contributed by atoms with Gasteiger partial charge in [0.1, 0.15) is 0 Å². The van der Waals surface area contributed by atoms with Gasteiger partial charge in [-0.3, -0.25) is 0 Å². The first kappa shape index (κ1) is 13.0. The van der Waals surface area contributed by atoms with Crippen molar-refractivity contribution in [2.75, 3.05) is 13.1 Å². The van der Waals surface area contributed by atoms with E-state index in [2.05, 4.69) is 15.9 Å². The highest BCUT2D eigenvalue weighted by Crippen LogP contribution is 2.27. The second-order valence-corrected chi connectivity index (χ2v) is 7.04. The number of hydrogen-bond donors (Lipinski definition) is 1. The monoisotopic (exact) mass is 318 g/mol. The second-order valence-electron chi connectivity index (χ2n) is 4.27. The van der Waals surface area contributed by atoms with Crippen LogP contribution in [0.25, 0.3) is 0 Å². The highest BCUT2D eigenvalue weighted by Gasteiger charge is 2.31. The van der Waals surface area contributed by atoms with Crippen molar-refractivity contribution in [1.82, 2.24) is 4.31 Å². The molecule has 0 unspecified atom stereocenters. The maximum absolute atomic E-state index is 12.4. The van der Waals surface area contributed by atoms with Crippen molar-refractivity contribution in [2.24, 2.45) is 5.73 Å². The summed E-state index contributed by atoms with van der Waals surface area (Å²) < 4.78 is 27.1. The molecule has 17 heavy (non-hydrogen) atoms. The summed E-state index contributed by atoms with van der Waals surface area (Å²) in [5, 5.41) is 0. The van der Waals surface area contributed by atoms with E-state index >= 15 is 0 Å². The molecule has 2 rings (SSSR count). The van der Waals surface area contributed by atoms with Crippen LogP contribution in [0.15, 0.2) is 27.6 Å². The molecule has 1 aliphatic heterocycles. The Bertz CT molecular complexity index is 530. The van der Waals surface area contributed by atoms with Crippen LogP contribution in [0, 0.1) is 6.92 Å². The zero-order valence-corrected chi connectivity index (χ0v) is 12.0. The van der Waals surface area contributed by atoms with E-state index in [-0.39, 0.29) is 6.04 Å². The summed E-state index contributed by atoms with van der Waals surface area (Å²) in [6.07, 6.45) is 0.728. The fraction of sp³-hybridized carbons (Fsp3) is 0.455. The molecule has 0 spiro atoms. The Balaban J connectivity index is 2.42. The number of rotatable bonds is 2. The number of halogens is 1. The molecule has 0 saturated carbocycles. The van der Waals surface area contributed by atoms with E-state index in [1.165, 1.54) is 4.31 Å². The molecule has 1 saturated heterocycles. The molecule has 0 aliphatic carbocycles. The van der Waals surface area contributed by atoms with Crippen LogP contribution in [-0.4, -0.2) is 31.9 Å². The van der Waals surface area contributed by atoms with Crippen LogP contribution >= 0.6 is 15.9 Å². The predicted molar refractivity (Wildman–Crippen MR) is 70.2 cm³/mol. The molecule has 1 aliphatic rings. The zero-order chi connectivity index (χ0) is 12.6.